The fourth-order valence-corrected chi connectivity index (χ4v) is 5.15. The lowest BCUT2D eigenvalue weighted by atomic mass is 9.88. The number of nitrogens with one attached hydrogen (secondary N) is 1. The predicted molar refractivity (Wildman–Crippen MR) is 131 cm³/mol. The van der Waals surface area contributed by atoms with Crippen LogP contribution in [0.15, 0.2) is 34.2 Å². The molecule has 2 bridgehead atoms. The molecule has 2 aromatic heterocycles. The number of carbonyl (C=O) groups excluding carboxylic acids is 1. The normalized spacial score (nSPS) is 22.1. The minimum atomic E-state index is -0.479. The van der Waals surface area contributed by atoms with Crippen LogP contribution >= 0.6 is 11.3 Å². The highest BCUT2D eigenvalue weighted by Gasteiger charge is 2.49. The molecule has 2 unspecified atom stereocenters. The van der Waals surface area contributed by atoms with Crippen LogP contribution in [0.2, 0.25) is 0 Å². The molecule has 0 aliphatic carbocycles. The molecule has 1 amide bonds. The highest BCUT2D eigenvalue weighted by molar-refractivity contribution is 7.13. The van der Waals surface area contributed by atoms with E-state index in [1.165, 1.54) is 0 Å². The molecule has 10 heteroatoms. The van der Waals surface area contributed by atoms with Gasteiger partial charge in [-0.15, -0.1) is 11.3 Å². The Morgan fingerprint density at radius 1 is 1.21 bits per heavy atom. The second-order valence-electron chi connectivity index (χ2n) is 9.69. The highest BCUT2D eigenvalue weighted by atomic mass is 32.1. The van der Waals surface area contributed by atoms with Crippen molar-refractivity contribution in [1.29, 1.82) is 0 Å². The van der Waals surface area contributed by atoms with Crippen molar-refractivity contribution in [2.45, 2.75) is 44.9 Å². The minimum absolute atomic E-state index is 0.141. The Morgan fingerprint density at radius 3 is 2.56 bits per heavy atom. The number of aromatic nitrogens is 2. The second kappa shape index (κ2) is 9.52. The summed E-state index contributed by atoms with van der Waals surface area (Å²) in [6.45, 7) is 10.9. The lowest BCUT2D eigenvalue weighted by Gasteiger charge is -2.55. The van der Waals surface area contributed by atoms with Crippen molar-refractivity contribution in [3.05, 3.63) is 29.8 Å². The van der Waals surface area contributed by atoms with Gasteiger partial charge in [0.1, 0.15) is 16.1 Å². The molecule has 0 saturated carbocycles. The van der Waals surface area contributed by atoms with Gasteiger partial charge in [0.15, 0.2) is 5.58 Å². The Labute approximate surface area is 203 Å². The van der Waals surface area contributed by atoms with Crippen molar-refractivity contribution in [1.82, 2.24) is 20.2 Å². The van der Waals surface area contributed by atoms with Gasteiger partial charge in [-0.05, 0) is 39.3 Å². The third kappa shape index (κ3) is 4.89. The number of hydrogen-bond donors (Lipinski definition) is 1. The number of fused-ring (bicyclic) bond motifs is 3. The SMILES string of the molecule is C1COCCN1.CC(C)(C)OC(=O)N1C2CC1CN(c1nc3cccc(-c4nccs4)c3o1)C2. The van der Waals surface area contributed by atoms with Gasteiger partial charge in [0, 0.05) is 37.8 Å². The zero-order valence-corrected chi connectivity index (χ0v) is 20.6. The Morgan fingerprint density at radius 2 is 1.97 bits per heavy atom. The number of benzene rings is 1. The maximum absolute atomic E-state index is 12.5. The van der Waals surface area contributed by atoms with E-state index in [9.17, 15) is 4.79 Å². The molecule has 1 N–H and O–H groups in total. The van der Waals surface area contributed by atoms with Crippen LogP contribution in [0.4, 0.5) is 10.8 Å². The third-order valence-electron chi connectivity index (χ3n) is 5.98. The van der Waals surface area contributed by atoms with E-state index in [0.717, 1.165) is 54.4 Å². The molecular weight excluding hydrogens is 454 g/mol. The summed E-state index contributed by atoms with van der Waals surface area (Å²) in [6.07, 6.45) is 2.57. The summed E-state index contributed by atoms with van der Waals surface area (Å²) in [4.78, 5) is 25.5. The van der Waals surface area contributed by atoms with Crippen LogP contribution in [0.25, 0.3) is 21.7 Å². The van der Waals surface area contributed by atoms with Gasteiger partial charge in [0.2, 0.25) is 0 Å². The van der Waals surface area contributed by atoms with Crippen molar-refractivity contribution in [3.8, 4) is 10.6 Å². The number of ether oxygens (including phenoxy) is 2. The largest absolute Gasteiger partial charge is 0.444 e. The van der Waals surface area contributed by atoms with Crippen LogP contribution in [0.3, 0.4) is 0 Å². The van der Waals surface area contributed by atoms with E-state index in [0.29, 0.717) is 19.1 Å². The smallest absolute Gasteiger partial charge is 0.410 e. The number of anilines is 1. The minimum Gasteiger partial charge on any atom is -0.444 e. The molecule has 0 spiro atoms. The molecule has 4 aliphatic rings. The number of rotatable bonds is 2. The van der Waals surface area contributed by atoms with E-state index in [1.54, 1.807) is 17.5 Å². The van der Waals surface area contributed by atoms with E-state index in [4.69, 9.17) is 18.9 Å². The van der Waals surface area contributed by atoms with E-state index in [1.807, 2.05) is 49.3 Å². The number of oxazole rings is 1. The van der Waals surface area contributed by atoms with Crippen molar-refractivity contribution < 1.29 is 18.7 Å². The van der Waals surface area contributed by atoms with Gasteiger partial charge in [-0.2, -0.15) is 4.98 Å². The molecular formula is C24H31N5O4S. The quantitative estimate of drug-likeness (QED) is 0.587. The number of hydrogen-bond acceptors (Lipinski definition) is 9. The molecule has 2 atom stereocenters. The number of nitrogens with zero attached hydrogens (tertiary/aromatic N) is 4. The summed E-state index contributed by atoms with van der Waals surface area (Å²) < 4.78 is 16.7. The van der Waals surface area contributed by atoms with Crippen molar-refractivity contribution >= 4 is 34.5 Å². The molecule has 4 aliphatic heterocycles. The van der Waals surface area contributed by atoms with Gasteiger partial charge in [-0.1, -0.05) is 6.07 Å². The highest BCUT2D eigenvalue weighted by Crippen LogP contribution is 2.38. The first-order valence-electron chi connectivity index (χ1n) is 11.7. The molecule has 182 valence electrons. The molecule has 9 nitrogen and oxygen atoms in total. The molecule has 1 aromatic carbocycles. The van der Waals surface area contributed by atoms with Crippen molar-refractivity contribution in [2.75, 3.05) is 44.3 Å². The second-order valence-corrected chi connectivity index (χ2v) is 10.6. The van der Waals surface area contributed by atoms with Gasteiger partial charge in [0.05, 0.1) is 30.9 Å². The molecule has 4 fully saturated rings. The summed E-state index contributed by atoms with van der Waals surface area (Å²) in [7, 11) is 0. The van der Waals surface area contributed by atoms with Crippen LogP contribution in [0, 0.1) is 0 Å². The summed E-state index contributed by atoms with van der Waals surface area (Å²) in [6, 6.07) is 6.83. The lowest BCUT2D eigenvalue weighted by Crippen LogP contribution is -2.70. The Hall–Kier alpha value is -2.69. The van der Waals surface area contributed by atoms with Crippen LogP contribution < -0.4 is 10.2 Å². The molecule has 6 heterocycles. The van der Waals surface area contributed by atoms with Crippen LogP contribution in [0.1, 0.15) is 27.2 Å². The van der Waals surface area contributed by atoms with Crippen molar-refractivity contribution in [2.24, 2.45) is 0 Å². The zero-order chi connectivity index (χ0) is 23.7. The first-order valence-corrected chi connectivity index (χ1v) is 12.6. The molecule has 34 heavy (non-hydrogen) atoms. The van der Waals surface area contributed by atoms with Gasteiger partial charge in [-0.3, -0.25) is 4.90 Å². The first kappa shape index (κ1) is 23.1. The molecule has 7 rings (SSSR count). The summed E-state index contributed by atoms with van der Waals surface area (Å²) >= 11 is 1.58. The van der Waals surface area contributed by atoms with Gasteiger partial charge in [0.25, 0.3) is 6.01 Å². The number of para-hydroxylation sites is 1. The summed E-state index contributed by atoms with van der Waals surface area (Å²) in [5, 5.41) is 6.04. The Balaban J connectivity index is 0.000000351. The zero-order valence-electron chi connectivity index (χ0n) is 19.8. The number of morpholine rings is 1. The number of thiazole rings is 1. The van der Waals surface area contributed by atoms with E-state index in [-0.39, 0.29) is 18.2 Å². The van der Waals surface area contributed by atoms with Crippen LogP contribution in [-0.2, 0) is 9.47 Å². The fourth-order valence-electron chi connectivity index (χ4n) is 4.49. The number of piperidine rings is 1. The average Bonchev–Trinajstić information content (AvgIpc) is 3.49. The van der Waals surface area contributed by atoms with Crippen LogP contribution in [-0.4, -0.2) is 78.0 Å². The number of amides is 1. The average molecular weight is 486 g/mol. The Bertz CT molecular complexity index is 1100. The van der Waals surface area contributed by atoms with Gasteiger partial charge in [-0.25, -0.2) is 9.78 Å². The summed E-state index contributed by atoms with van der Waals surface area (Å²) in [5.74, 6) is 0. The van der Waals surface area contributed by atoms with Crippen LogP contribution in [0.5, 0.6) is 0 Å². The van der Waals surface area contributed by atoms with Gasteiger partial charge < -0.3 is 24.1 Å². The maximum atomic E-state index is 12.5. The summed E-state index contributed by atoms with van der Waals surface area (Å²) in [5.41, 5.74) is 2.07. The van der Waals surface area contributed by atoms with Crippen molar-refractivity contribution in [3.63, 3.8) is 0 Å². The third-order valence-corrected chi connectivity index (χ3v) is 6.79. The maximum Gasteiger partial charge on any atom is 0.410 e. The topological polar surface area (TPSA) is 93.0 Å². The monoisotopic (exact) mass is 485 g/mol. The molecule has 3 aromatic rings. The van der Waals surface area contributed by atoms with E-state index < -0.39 is 5.60 Å². The number of piperazine rings is 1. The van der Waals surface area contributed by atoms with E-state index >= 15 is 0 Å². The van der Waals surface area contributed by atoms with Gasteiger partial charge >= 0.3 is 6.09 Å². The molecule has 4 saturated heterocycles. The molecule has 0 radical (unpaired) electrons. The fraction of sp³-hybridized carbons (Fsp3) is 0.542. The lowest BCUT2D eigenvalue weighted by molar-refractivity contribution is -0.0386. The van der Waals surface area contributed by atoms with E-state index in [2.05, 4.69) is 15.2 Å². The number of carbonyl (C=O) groups is 1. The first-order chi connectivity index (χ1) is 16.4. The Kier molecular flexibility index (Phi) is 6.46. The predicted octanol–water partition coefficient (Wildman–Crippen LogP) is 3.76. The standard InChI is InChI=1S/C20H22N4O3S.C4H9NO/c1-20(2,3)27-19(25)24-12-9-13(24)11-23(10-12)18-22-15-6-4-5-14(16(15)26-18)17-21-7-8-28-17;1-3-6-4-2-5-1/h4-8,12-13H,9-11H2,1-3H3;5H,1-4H2.